The number of ether oxygens (including phenoxy) is 1. The maximum atomic E-state index is 14.0. The van der Waals surface area contributed by atoms with Crippen LogP contribution in [0.5, 0.6) is 0 Å². The first kappa shape index (κ1) is 26.3. The van der Waals surface area contributed by atoms with Crippen molar-refractivity contribution >= 4 is 11.8 Å². The van der Waals surface area contributed by atoms with Gasteiger partial charge in [0, 0.05) is 39.3 Å². The van der Waals surface area contributed by atoms with E-state index >= 15 is 0 Å². The van der Waals surface area contributed by atoms with Gasteiger partial charge in [-0.25, -0.2) is 9.37 Å². The lowest BCUT2D eigenvalue weighted by Gasteiger charge is -2.26. The fourth-order valence-electron chi connectivity index (χ4n) is 6.21. The van der Waals surface area contributed by atoms with Crippen LogP contribution in [0.3, 0.4) is 0 Å². The lowest BCUT2D eigenvalue weighted by atomic mass is 10.0. The first-order valence-corrected chi connectivity index (χ1v) is 13.4. The highest BCUT2D eigenvalue weighted by Gasteiger charge is 2.42. The van der Waals surface area contributed by atoms with E-state index in [4.69, 9.17) is 11.2 Å². The minimum atomic E-state index is -0.305. The number of nitrogens with zero attached hydrogens (tertiary/aromatic N) is 3. The average molecular weight is 519 g/mol. The van der Waals surface area contributed by atoms with Crippen molar-refractivity contribution in [3.8, 4) is 12.3 Å². The summed E-state index contributed by atoms with van der Waals surface area (Å²) in [5.41, 5.74) is 3.53. The molecule has 38 heavy (non-hydrogen) atoms. The van der Waals surface area contributed by atoms with E-state index in [0.29, 0.717) is 48.4 Å². The molecule has 0 spiro atoms. The molecule has 0 aliphatic carbocycles. The molecule has 3 aliphatic heterocycles. The number of hydrogen-bond acceptors (Lipinski definition) is 5. The molecule has 0 radical (unpaired) electrons. The van der Waals surface area contributed by atoms with Crippen LogP contribution in [0.2, 0.25) is 0 Å². The Morgan fingerprint density at radius 1 is 1.21 bits per heavy atom. The smallest absolute Gasteiger partial charge is 0.255 e. The van der Waals surface area contributed by atoms with Gasteiger partial charge in [0.2, 0.25) is 5.91 Å². The lowest BCUT2D eigenvalue weighted by Crippen LogP contribution is -2.37. The fourth-order valence-corrected chi connectivity index (χ4v) is 6.21. The van der Waals surface area contributed by atoms with E-state index in [1.165, 1.54) is 12.1 Å². The summed E-state index contributed by atoms with van der Waals surface area (Å²) in [5, 5.41) is 3.15. The van der Waals surface area contributed by atoms with Gasteiger partial charge in [-0.1, -0.05) is 18.1 Å². The maximum absolute atomic E-state index is 14.0. The van der Waals surface area contributed by atoms with Crippen LogP contribution in [0.15, 0.2) is 30.3 Å². The van der Waals surface area contributed by atoms with Crippen LogP contribution in [0.4, 0.5) is 4.39 Å². The number of aryl methyl sites for hydroxylation is 2. The van der Waals surface area contributed by atoms with Gasteiger partial charge in [0.1, 0.15) is 11.5 Å². The zero-order valence-corrected chi connectivity index (χ0v) is 22.1. The van der Waals surface area contributed by atoms with Crippen molar-refractivity contribution in [3.63, 3.8) is 0 Å². The van der Waals surface area contributed by atoms with Crippen molar-refractivity contribution < 1.29 is 18.7 Å². The zero-order valence-electron chi connectivity index (χ0n) is 22.1. The first-order chi connectivity index (χ1) is 18.3. The van der Waals surface area contributed by atoms with Gasteiger partial charge in [0.15, 0.2) is 0 Å². The standard InChI is InChI=1S/C30H35FN4O3/c1-4-26-12-19(2)28(20(3)32-26)30(37)35-16-23-14-34(15-24(23)17-35)10-8-27(21-6-5-7-25(31)13-21)33-29(36)22-9-11-38-18-22/h1,5-7,12-13,22-24,27H,8-11,14-18H2,2-3H3,(H,33,36)/t22?,23-,24?,27?/m0/s1. The Hall–Kier alpha value is -3.28. The van der Waals surface area contributed by atoms with E-state index in [2.05, 4.69) is 21.1 Å². The normalized spacial score (nSPS) is 23.7. The van der Waals surface area contributed by atoms with Crippen molar-refractivity contribution in [1.82, 2.24) is 20.1 Å². The third-order valence-corrected chi connectivity index (χ3v) is 8.21. The van der Waals surface area contributed by atoms with Gasteiger partial charge in [-0.15, -0.1) is 6.42 Å². The summed E-state index contributed by atoms with van der Waals surface area (Å²) in [6.07, 6.45) is 6.90. The van der Waals surface area contributed by atoms with Crippen LogP contribution >= 0.6 is 0 Å². The molecule has 200 valence electrons. The van der Waals surface area contributed by atoms with Crippen molar-refractivity contribution in [2.45, 2.75) is 32.7 Å². The summed E-state index contributed by atoms with van der Waals surface area (Å²) in [6.45, 7) is 8.84. The van der Waals surface area contributed by atoms with E-state index in [1.54, 1.807) is 12.1 Å². The Balaban J connectivity index is 1.19. The molecule has 8 heteroatoms. The number of rotatable bonds is 7. The first-order valence-electron chi connectivity index (χ1n) is 13.4. The minimum absolute atomic E-state index is 0.0282. The molecule has 3 aliphatic rings. The van der Waals surface area contributed by atoms with Gasteiger partial charge in [-0.3, -0.25) is 9.59 Å². The largest absolute Gasteiger partial charge is 0.381 e. The highest BCUT2D eigenvalue weighted by atomic mass is 19.1. The van der Waals surface area contributed by atoms with Gasteiger partial charge in [-0.2, -0.15) is 0 Å². The van der Waals surface area contributed by atoms with Gasteiger partial charge >= 0.3 is 0 Å². The number of carbonyl (C=O) groups is 2. The Labute approximate surface area is 223 Å². The molecule has 7 nitrogen and oxygen atoms in total. The molecule has 1 aromatic carbocycles. The molecular formula is C30H35FN4O3. The predicted molar refractivity (Wildman–Crippen MR) is 142 cm³/mol. The molecule has 1 N–H and O–H groups in total. The van der Waals surface area contributed by atoms with E-state index < -0.39 is 0 Å². The van der Waals surface area contributed by atoms with Crippen LogP contribution < -0.4 is 5.32 Å². The second kappa shape index (κ2) is 11.2. The Morgan fingerprint density at radius 2 is 1.97 bits per heavy atom. The third-order valence-electron chi connectivity index (χ3n) is 8.21. The van der Waals surface area contributed by atoms with Crippen molar-refractivity contribution in [2.24, 2.45) is 17.8 Å². The lowest BCUT2D eigenvalue weighted by molar-refractivity contribution is -0.125. The van der Waals surface area contributed by atoms with Crippen molar-refractivity contribution in [3.05, 3.63) is 64.2 Å². The third kappa shape index (κ3) is 5.59. The van der Waals surface area contributed by atoms with E-state index in [0.717, 1.165) is 50.3 Å². The number of fused-ring (bicyclic) bond motifs is 1. The van der Waals surface area contributed by atoms with Crippen LogP contribution in [0.25, 0.3) is 0 Å². The number of pyridine rings is 1. The van der Waals surface area contributed by atoms with Crippen molar-refractivity contribution in [1.29, 1.82) is 0 Å². The van der Waals surface area contributed by atoms with Crippen LogP contribution in [-0.2, 0) is 9.53 Å². The molecule has 3 saturated heterocycles. The molecule has 2 amide bonds. The fraction of sp³-hybridized carbons (Fsp3) is 0.500. The van der Waals surface area contributed by atoms with Crippen LogP contribution in [-0.4, -0.2) is 72.5 Å². The minimum Gasteiger partial charge on any atom is -0.381 e. The molecule has 1 aromatic heterocycles. The zero-order chi connectivity index (χ0) is 26.8. The number of amides is 2. The SMILES string of the molecule is C#Cc1cc(C)c(C(=O)N2CC3CN(CCC(NC(=O)C4CCOC4)c4cccc(F)c4)C[C@H]3C2)c(C)n1. The van der Waals surface area contributed by atoms with E-state index in [-0.39, 0.29) is 29.6 Å². The number of nitrogens with one attached hydrogen (secondary N) is 1. The molecule has 0 bridgehead atoms. The Morgan fingerprint density at radius 3 is 2.61 bits per heavy atom. The van der Waals surface area contributed by atoms with Gasteiger partial charge < -0.3 is 19.9 Å². The highest BCUT2D eigenvalue weighted by Crippen LogP contribution is 2.33. The molecule has 4 heterocycles. The summed E-state index contributed by atoms with van der Waals surface area (Å²) >= 11 is 0. The maximum Gasteiger partial charge on any atom is 0.255 e. The van der Waals surface area contributed by atoms with Gasteiger partial charge in [0.25, 0.3) is 5.91 Å². The predicted octanol–water partition coefficient (Wildman–Crippen LogP) is 3.11. The quantitative estimate of drug-likeness (QED) is 0.571. The van der Waals surface area contributed by atoms with Gasteiger partial charge in [0.05, 0.1) is 29.8 Å². The Bertz CT molecular complexity index is 1220. The molecular weight excluding hydrogens is 483 g/mol. The van der Waals surface area contributed by atoms with Crippen molar-refractivity contribution in [2.75, 3.05) is 45.9 Å². The topological polar surface area (TPSA) is 74.8 Å². The van der Waals surface area contributed by atoms with E-state index in [9.17, 15) is 14.0 Å². The number of terminal acetylenes is 1. The summed E-state index contributed by atoms with van der Waals surface area (Å²) in [5.74, 6) is 2.92. The second-order valence-corrected chi connectivity index (χ2v) is 10.9. The number of aromatic nitrogens is 1. The summed E-state index contributed by atoms with van der Waals surface area (Å²) in [4.78, 5) is 34.9. The molecule has 2 aromatic rings. The number of carbonyl (C=O) groups excluding carboxylic acids is 2. The summed E-state index contributed by atoms with van der Waals surface area (Å²) in [6, 6.07) is 8.02. The monoisotopic (exact) mass is 518 g/mol. The average Bonchev–Trinajstić information content (AvgIpc) is 3.63. The Kier molecular flexibility index (Phi) is 7.78. The van der Waals surface area contributed by atoms with Gasteiger partial charge in [-0.05, 0) is 67.9 Å². The number of hydrogen-bond donors (Lipinski definition) is 1. The molecule has 4 atom stereocenters. The molecule has 0 saturated carbocycles. The highest BCUT2D eigenvalue weighted by molar-refractivity contribution is 5.97. The van der Waals surface area contributed by atoms with Crippen LogP contribution in [0.1, 0.15) is 51.8 Å². The van der Waals surface area contributed by atoms with Crippen LogP contribution in [0, 0.1) is 49.8 Å². The molecule has 5 rings (SSSR count). The molecule has 3 fully saturated rings. The summed E-state index contributed by atoms with van der Waals surface area (Å²) in [7, 11) is 0. The number of halogens is 1. The number of benzene rings is 1. The van der Waals surface area contributed by atoms with E-state index in [1.807, 2.05) is 24.8 Å². The number of likely N-dealkylation sites (tertiary alicyclic amines) is 2. The molecule has 3 unspecified atom stereocenters. The summed E-state index contributed by atoms with van der Waals surface area (Å²) < 4.78 is 19.4. The second-order valence-electron chi connectivity index (χ2n) is 10.9.